The van der Waals surface area contributed by atoms with Gasteiger partial charge in [-0.15, -0.1) is 0 Å². The molecule has 0 aliphatic rings. The van der Waals surface area contributed by atoms with Crippen LogP contribution in [0.1, 0.15) is 5.56 Å². The van der Waals surface area contributed by atoms with Gasteiger partial charge in [-0.25, -0.2) is 0 Å². The summed E-state index contributed by atoms with van der Waals surface area (Å²) in [6, 6.07) is 4.80. The summed E-state index contributed by atoms with van der Waals surface area (Å²) in [6.07, 6.45) is -2.97. The molecular weight excluding hydrogens is 299 g/mol. The topological polar surface area (TPSA) is 39.2 Å². The summed E-state index contributed by atoms with van der Waals surface area (Å²) in [5.41, 5.74) is 5.27. The molecule has 0 unspecified atom stereocenters. The number of benzene rings is 1. The molecule has 0 amide bonds. The molecule has 2 aromatic rings. The first-order valence-electron chi connectivity index (χ1n) is 4.59. The van der Waals surface area contributed by atoms with Gasteiger partial charge in [-0.3, -0.25) is 0 Å². The van der Waals surface area contributed by atoms with Crippen molar-refractivity contribution in [1.82, 2.24) is 0 Å². The minimum Gasteiger partial charge on any atom is -0.463 e. The number of hydrogen-bond acceptors (Lipinski definition) is 2. The second-order valence-corrected chi connectivity index (χ2v) is 4.25. The first-order chi connectivity index (χ1) is 7.89. The van der Waals surface area contributed by atoms with Crippen molar-refractivity contribution in [2.24, 2.45) is 0 Å². The zero-order chi connectivity index (χ0) is 12.6. The molecule has 0 bridgehead atoms. The molecule has 0 aliphatic carbocycles. The van der Waals surface area contributed by atoms with Gasteiger partial charge in [-0.05, 0) is 40.2 Å². The summed E-state index contributed by atoms with van der Waals surface area (Å²) in [6.45, 7) is 0. The Morgan fingerprint density at radius 2 is 1.88 bits per heavy atom. The molecule has 2 rings (SSSR count). The highest BCUT2D eigenvalue weighted by Crippen LogP contribution is 2.37. The fourth-order valence-electron chi connectivity index (χ4n) is 1.43. The van der Waals surface area contributed by atoms with Crippen LogP contribution in [0.4, 0.5) is 18.9 Å². The number of rotatable bonds is 1. The van der Waals surface area contributed by atoms with Gasteiger partial charge < -0.3 is 10.2 Å². The highest BCUT2D eigenvalue weighted by atomic mass is 79.9. The molecule has 0 aliphatic heterocycles. The molecule has 0 saturated carbocycles. The van der Waals surface area contributed by atoms with E-state index >= 15 is 0 Å². The van der Waals surface area contributed by atoms with Gasteiger partial charge in [0.05, 0.1) is 16.3 Å². The minimum atomic E-state index is -4.40. The largest absolute Gasteiger partial charge is 0.463 e. The van der Waals surface area contributed by atoms with Crippen LogP contribution < -0.4 is 5.73 Å². The van der Waals surface area contributed by atoms with E-state index in [0.29, 0.717) is 15.8 Å². The van der Waals surface area contributed by atoms with Crippen molar-refractivity contribution in [3.05, 3.63) is 40.6 Å². The van der Waals surface area contributed by atoms with Crippen molar-refractivity contribution >= 4 is 21.6 Å². The third-order valence-electron chi connectivity index (χ3n) is 2.24. The van der Waals surface area contributed by atoms with Crippen LogP contribution in [0, 0.1) is 0 Å². The average Bonchev–Trinajstić information content (AvgIpc) is 2.63. The van der Waals surface area contributed by atoms with Gasteiger partial charge in [-0.2, -0.15) is 13.2 Å². The van der Waals surface area contributed by atoms with Crippen LogP contribution in [0.2, 0.25) is 0 Å². The van der Waals surface area contributed by atoms with Crippen LogP contribution in [0.25, 0.3) is 11.3 Å². The number of furan rings is 1. The molecular formula is C11H7BrF3NO. The standard InChI is InChI=1S/C11H7BrF3NO/c12-8-3-4-17-10(8)7-2-1-6(5-9(7)16)11(13,14)15/h1-5H,16H2. The van der Waals surface area contributed by atoms with Gasteiger partial charge in [0.2, 0.25) is 0 Å². The summed E-state index contributed by atoms with van der Waals surface area (Å²) >= 11 is 3.22. The van der Waals surface area contributed by atoms with E-state index in [-0.39, 0.29) is 5.69 Å². The Hall–Kier alpha value is -1.43. The maximum Gasteiger partial charge on any atom is 0.416 e. The Labute approximate surface area is 103 Å². The molecule has 2 nitrogen and oxygen atoms in total. The van der Waals surface area contributed by atoms with Crippen molar-refractivity contribution in [3.63, 3.8) is 0 Å². The zero-order valence-corrected chi connectivity index (χ0v) is 9.97. The monoisotopic (exact) mass is 305 g/mol. The fraction of sp³-hybridized carbons (Fsp3) is 0.0909. The molecule has 1 aromatic heterocycles. The number of hydrogen-bond donors (Lipinski definition) is 1. The maximum atomic E-state index is 12.4. The Kier molecular flexibility index (Phi) is 2.91. The molecule has 0 saturated heterocycles. The zero-order valence-electron chi connectivity index (χ0n) is 8.38. The minimum absolute atomic E-state index is 0.0236. The van der Waals surface area contributed by atoms with Crippen molar-refractivity contribution in [2.45, 2.75) is 6.18 Å². The first-order valence-corrected chi connectivity index (χ1v) is 5.39. The predicted molar refractivity (Wildman–Crippen MR) is 61.3 cm³/mol. The second-order valence-electron chi connectivity index (χ2n) is 3.40. The molecule has 2 N–H and O–H groups in total. The molecule has 90 valence electrons. The normalized spacial score (nSPS) is 11.8. The van der Waals surface area contributed by atoms with Crippen LogP contribution >= 0.6 is 15.9 Å². The van der Waals surface area contributed by atoms with E-state index in [1.165, 1.54) is 12.3 Å². The van der Waals surface area contributed by atoms with E-state index < -0.39 is 11.7 Å². The highest BCUT2D eigenvalue weighted by molar-refractivity contribution is 9.10. The number of nitrogen functional groups attached to an aromatic ring is 1. The number of halogens is 4. The van der Waals surface area contributed by atoms with E-state index in [2.05, 4.69) is 15.9 Å². The SMILES string of the molecule is Nc1cc(C(F)(F)F)ccc1-c1occc1Br. The van der Waals surface area contributed by atoms with Crippen molar-refractivity contribution in [2.75, 3.05) is 5.73 Å². The summed E-state index contributed by atoms with van der Waals surface area (Å²) in [5, 5.41) is 0. The average molecular weight is 306 g/mol. The molecule has 0 atom stereocenters. The Balaban J connectivity index is 2.50. The van der Waals surface area contributed by atoms with Crippen LogP contribution in [0.5, 0.6) is 0 Å². The van der Waals surface area contributed by atoms with Crippen molar-refractivity contribution in [1.29, 1.82) is 0 Å². The van der Waals surface area contributed by atoms with E-state index in [9.17, 15) is 13.2 Å². The fourth-order valence-corrected chi connectivity index (χ4v) is 1.85. The lowest BCUT2D eigenvalue weighted by atomic mass is 10.1. The molecule has 17 heavy (non-hydrogen) atoms. The van der Waals surface area contributed by atoms with Crippen LogP contribution in [0.15, 0.2) is 39.4 Å². The second kappa shape index (κ2) is 4.10. The van der Waals surface area contributed by atoms with Gasteiger partial charge in [0.25, 0.3) is 0 Å². The summed E-state index contributed by atoms with van der Waals surface area (Å²) < 4.78 is 43.1. The third-order valence-corrected chi connectivity index (χ3v) is 2.87. The van der Waals surface area contributed by atoms with Crippen molar-refractivity contribution in [3.8, 4) is 11.3 Å². The smallest absolute Gasteiger partial charge is 0.416 e. The highest BCUT2D eigenvalue weighted by Gasteiger charge is 2.31. The van der Waals surface area contributed by atoms with Crippen LogP contribution in [-0.2, 0) is 6.18 Å². The number of nitrogens with two attached hydrogens (primary N) is 1. The molecule has 0 spiro atoms. The van der Waals surface area contributed by atoms with Crippen molar-refractivity contribution < 1.29 is 17.6 Å². The lowest BCUT2D eigenvalue weighted by Gasteiger charge is -2.09. The Morgan fingerprint density at radius 3 is 2.35 bits per heavy atom. The quantitative estimate of drug-likeness (QED) is 0.797. The third kappa shape index (κ3) is 2.31. The van der Waals surface area contributed by atoms with Crippen LogP contribution in [-0.4, -0.2) is 0 Å². The molecule has 1 aromatic carbocycles. The predicted octanol–water partition coefficient (Wildman–Crippen LogP) is 4.31. The summed E-state index contributed by atoms with van der Waals surface area (Å²) in [4.78, 5) is 0. The molecule has 1 heterocycles. The van der Waals surface area contributed by atoms with Gasteiger partial charge >= 0.3 is 6.18 Å². The Bertz CT molecular complexity index is 548. The summed E-state index contributed by atoms with van der Waals surface area (Å²) in [5.74, 6) is 0.413. The molecule has 6 heteroatoms. The van der Waals surface area contributed by atoms with E-state index in [0.717, 1.165) is 12.1 Å². The van der Waals surface area contributed by atoms with E-state index in [4.69, 9.17) is 10.2 Å². The lowest BCUT2D eigenvalue weighted by molar-refractivity contribution is -0.137. The Morgan fingerprint density at radius 1 is 1.18 bits per heavy atom. The first kappa shape index (κ1) is 12.0. The molecule has 0 fully saturated rings. The lowest BCUT2D eigenvalue weighted by Crippen LogP contribution is -2.05. The number of anilines is 1. The summed E-state index contributed by atoms with van der Waals surface area (Å²) in [7, 11) is 0. The van der Waals surface area contributed by atoms with Crippen LogP contribution in [0.3, 0.4) is 0 Å². The van der Waals surface area contributed by atoms with E-state index in [1.54, 1.807) is 6.07 Å². The van der Waals surface area contributed by atoms with Gasteiger partial charge in [0.1, 0.15) is 5.76 Å². The van der Waals surface area contributed by atoms with Gasteiger partial charge in [-0.1, -0.05) is 0 Å². The van der Waals surface area contributed by atoms with Gasteiger partial charge in [0.15, 0.2) is 0 Å². The number of alkyl halides is 3. The van der Waals surface area contributed by atoms with E-state index in [1.807, 2.05) is 0 Å². The molecule has 0 radical (unpaired) electrons. The van der Waals surface area contributed by atoms with Gasteiger partial charge in [0, 0.05) is 11.3 Å². The maximum absolute atomic E-state index is 12.4.